The fourth-order valence-electron chi connectivity index (χ4n) is 3.19. The van der Waals surface area contributed by atoms with Crippen LogP contribution in [-0.2, 0) is 9.59 Å². The van der Waals surface area contributed by atoms with E-state index in [2.05, 4.69) is 5.32 Å². The van der Waals surface area contributed by atoms with Crippen LogP contribution in [0.25, 0.3) is 0 Å². The third-order valence-electron chi connectivity index (χ3n) is 4.45. The molecule has 2 amide bonds. The Bertz CT molecular complexity index is 731. The predicted molar refractivity (Wildman–Crippen MR) is 89.7 cm³/mol. The summed E-state index contributed by atoms with van der Waals surface area (Å²) in [6, 6.07) is 14.8. The van der Waals surface area contributed by atoms with Crippen LogP contribution >= 0.6 is 0 Å². The van der Waals surface area contributed by atoms with E-state index in [9.17, 15) is 14.0 Å². The lowest BCUT2D eigenvalue weighted by Gasteiger charge is -2.38. The molecule has 124 valence electrons. The Balaban J connectivity index is 1.87. The molecule has 2 aromatic carbocycles. The average molecular weight is 326 g/mol. The van der Waals surface area contributed by atoms with Crippen LogP contribution in [0.5, 0.6) is 0 Å². The van der Waals surface area contributed by atoms with Crippen LogP contribution in [-0.4, -0.2) is 23.8 Å². The largest absolute Gasteiger partial charge is 0.338 e. The summed E-state index contributed by atoms with van der Waals surface area (Å²) in [7, 11) is 1.69. The highest BCUT2D eigenvalue weighted by Gasteiger charge is 2.38. The molecule has 0 saturated carbocycles. The predicted octanol–water partition coefficient (Wildman–Crippen LogP) is 3.37. The zero-order valence-corrected chi connectivity index (χ0v) is 13.4. The number of rotatable bonds is 3. The number of hydrogen-bond donors (Lipinski definition) is 1. The number of likely N-dealkylation sites (tertiary alicyclic amines) is 1. The van der Waals surface area contributed by atoms with Gasteiger partial charge in [0.25, 0.3) is 0 Å². The first-order valence-corrected chi connectivity index (χ1v) is 7.93. The zero-order valence-electron chi connectivity index (χ0n) is 13.4. The molecule has 5 heteroatoms. The minimum atomic E-state index is -0.393. The number of carbonyl (C=O) groups is 2. The van der Waals surface area contributed by atoms with Gasteiger partial charge in [-0.2, -0.15) is 0 Å². The van der Waals surface area contributed by atoms with E-state index in [1.54, 1.807) is 24.1 Å². The van der Waals surface area contributed by atoms with Gasteiger partial charge in [-0.25, -0.2) is 4.39 Å². The molecule has 2 atom stereocenters. The third kappa shape index (κ3) is 3.30. The van der Waals surface area contributed by atoms with Gasteiger partial charge in [-0.1, -0.05) is 30.3 Å². The van der Waals surface area contributed by atoms with Crippen molar-refractivity contribution in [3.63, 3.8) is 0 Å². The van der Waals surface area contributed by atoms with Crippen LogP contribution in [0.3, 0.4) is 0 Å². The molecule has 1 aliphatic rings. The molecule has 2 unspecified atom stereocenters. The zero-order chi connectivity index (χ0) is 17.1. The van der Waals surface area contributed by atoms with E-state index < -0.39 is 6.04 Å². The number of nitrogens with zero attached hydrogens (tertiary/aromatic N) is 1. The number of hydrogen-bond acceptors (Lipinski definition) is 2. The number of para-hydroxylation sites is 1. The van der Waals surface area contributed by atoms with E-state index >= 15 is 0 Å². The van der Waals surface area contributed by atoms with Crippen LogP contribution in [0, 0.1) is 11.7 Å². The number of amides is 2. The van der Waals surface area contributed by atoms with Gasteiger partial charge in [0.2, 0.25) is 11.8 Å². The smallest absolute Gasteiger partial charge is 0.229 e. The molecule has 1 fully saturated rings. The van der Waals surface area contributed by atoms with Crippen LogP contribution in [0.15, 0.2) is 54.6 Å². The van der Waals surface area contributed by atoms with Crippen LogP contribution in [0.4, 0.5) is 10.1 Å². The van der Waals surface area contributed by atoms with Gasteiger partial charge in [-0.15, -0.1) is 0 Å². The van der Waals surface area contributed by atoms with E-state index in [1.165, 1.54) is 12.1 Å². The number of benzene rings is 2. The SMILES string of the molecule is CN1C(=O)CCC(C(=O)Nc2ccccc2)C1c1ccc(F)cc1. The summed E-state index contributed by atoms with van der Waals surface area (Å²) in [5, 5.41) is 2.91. The summed E-state index contributed by atoms with van der Waals surface area (Å²) >= 11 is 0. The maximum Gasteiger partial charge on any atom is 0.229 e. The molecule has 1 N–H and O–H groups in total. The van der Waals surface area contributed by atoms with Crippen molar-refractivity contribution in [1.29, 1.82) is 0 Å². The monoisotopic (exact) mass is 326 g/mol. The molecule has 1 heterocycles. The van der Waals surface area contributed by atoms with Gasteiger partial charge in [0.15, 0.2) is 0 Å². The first-order chi connectivity index (χ1) is 11.6. The van der Waals surface area contributed by atoms with E-state index in [4.69, 9.17) is 0 Å². The molecular weight excluding hydrogens is 307 g/mol. The van der Waals surface area contributed by atoms with Crippen molar-refractivity contribution in [1.82, 2.24) is 4.90 Å². The quantitative estimate of drug-likeness (QED) is 0.940. The molecule has 1 saturated heterocycles. The van der Waals surface area contributed by atoms with Crippen molar-refractivity contribution in [2.75, 3.05) is 12.4 Å². The number of halogens is 1. The number of anilines is 1. The minimum absolute atomic E-state index is 0.00640. The lowest BCUT2D eigenvalue weighted by molar-refractivity contribution is -0.140. The molecule has 1 aliphatic heterocycles. The Morgan fingerprint density at radius 3 is 2.46 bits per heavy atom. The summed E-state index contributed by atoms with van der Waals surface area (Å²) < 4.78 is 13.2. The van der Waals surface area contributed by atoms with Crippen molar-refractivity contribution in [2.24, 2.45) is 5.92 Å². The standard InChI is InChI=1S/C19H19FN2O2/c1-22-17(23)12-11-16(18(22)13-7-9-14(20)10-8-13)19(24)21-15-5-3-2-4-6-15/h2-10,16,18H,11-12H2,1H3,(H,21,24). The van der Waals surface area contributed by atoms with E-state index in [-0.39, 0.29) is 23.5 Å². The van der Waals surface area contributed by atoms with Crippen LogP contribution in [0.1, 0.15) is 24.4 Å². The van der Waals surface area contributed by atoms with E-state index in [0.717, 1.165) is 11.3 Å². The summed E-state index contributed by atoms with van der Waals surface area (Å²) in [5.74, 6) is -0.852. The Labute approximate surface area is 140 Å². The Hall–Kier alpha value is -2.69. The van der Waals surface area contributed by atoms with Crippen LogP contribution in [0.2, 0.25) is 0 Å². The highest BCUT2D eigenvalue weighted by atomic mass is 19.1. The highest BCUT2D eigenvalue weighted by molar-refractivity contribution is 5.94. The van der Waals surface area contributed by atoms with Gasteiger partial charge < -0.3 is 10.2 Å². The average Bonchev–Trinajstić information content (AvgIpc) is 2.59. The molecule has 24 heavy (non-hydrogen) atoms. The van der Waals surface area contributed by atoms with Crippen molar-refractivity contribution < 1.29 is 14.0 Å². The van der Waals surface area contributed by atoms with Gasteiger partial charge >= 0.3 is 0 Å². The van der Waals surface area contributed by atoms with Crippen LogP contribution < -0.4 is 5.32 Å². The first kappa shape index (κ1) is 16.2. The maximum atomic E-state index is 13.2. The molecule has 4 nitrogen and oxygen atoms in total. The number of nitrogens with one attached hydrogen (secondary N) is 1. The molecule has 0 spiro atoms. The van der Waals surface area contributed by atoms with Gasteiger partial charge in [0, 0.05) is 19.2 Å². The van der Waals surface area contributed by atoms with Crippen molar-refractivity contribution in [2.45, 2.75) is 18.9 Å². The molecule has 0 aliphatic carbocycles. The second-order valence-electron chi connectivity index (χ2n) is 6.00. The van der Waals surface area contributed by atoms with Gasteiger partial charge in [-0.3, -0.25) is 9.59 Å². The molecule has 0 bridgehead atoms. The Morgan fingerprint density at radius 1 is 1.12 bits per heavy atom. The van der Waals surface area contributed by atoms with Gasteiger partial charge in [0.1, 0.15) is 5.82 Å². The lowest BCUT2D eigenvalue weighted by Crippen LogP contribution is -2.44. The molecular formula is C19H19FN2O2. The number of carbonyl (C=O) groups excluding carboxylic acids is 2. The Kier molecular flexibility index (Phi) is 4.60. The summed E-state index contributed by atoms with van der Waals surface area (Å²) in [4.78, 5) is 26.4. The third-order valence-corrected chi connectivity index (χ3v) is 4.45. The molecule has 3 rings (SSSR count). The fourth-order valence-corrected chi connectivity index (χ4v) is 3.19. The second kappa shape index (κ2) is 6.83. The second-order valence-corrected chi connectivity index (χ2v) is 6.00. The van der Waals surface area contributed by atoms with Crippen molar-refractivity contribution in [3.8, 4) is 0 Å². The van der Waals surface area contributed by atoms with Gasteiger partial charge in [0.05, 0.1) is 12.0 Å². The topological polar surface area (TPSA) is 49.4 Å². The number of piperidine rings is 1. The van der Waals surface area contributed by atoms with E-state index in [0.29, 0.717) is 12.8 Å². The molecule has 0 aromatic heterocycles. The highest BCUT2D eigenvalue weighted by Crippen LogP contribution is 2.36. The summed E-state index contributed by atoms with van der Waals surface area (Å²) in [6.07, 6.45) is 0.810. The minimum Gasteiger partial charge on any atom is -0.338 e. The Morgan fingerprint density at radius 2 is 1.79 bits per heavy atom. The summed E-state index contributed by atoms with van der Waals surface area (Å²) in [6.45, 7) is 0. The van der Waals surface area contributed by atoms with E-state index in [1.807, 2.05) is 30.3 Å². The molecule has 0 radical (unpaired) electrons. The van der Waals surface area contributed by atoms with Crippen molar-refractivity contribution >= 4 is 17.5 Å². The summed E-state index contributed by atoms with van der Waals surface area (Å²) in [5.41, 5.74) is 1.49. The first-order valence-electron chi connectivity index (χ1n) is 7.93. The van der Waals surface area contributed by atoms with Gasteiger partial charge in [-0.05, 0) is 36.2 Å². The normalized spacial score (nSPS) is 20.8. The van der Waals surface area contributed by atoms with Crippen molar-refractivity contribution in [3.05, 3.63) is 66.0 Å². The fraction of sp³-hybridized carbons (Fsp3) is 0.263. The molecule has 2 aromatic rings. The maximum absolute atomic E-state index is 13.2. The lowest BCUT2D eigenvalue weighted by atomic mass is 9.84.